The zero-order chi connectivity index (χ0) is 14.5. The third kappa shape index (κ3) is 7.03. The molecule has 0 aliphatic rings. The molecule has 0 saturated carbocycles. The predicted octanol–water partition coefficient (Wildman–Crippen LogP) is 5.02. The maximum absolute atomic E-state index is 3.54. The molecular formula is C17H29NS. The number of hydrogen-bond donors (Lipinski definition) is 1. The Morgan fingerprint density at radius 1 is 1.21 bits per heavy atom. The van der Waals surface area contributed by atoms with Crippen molar-refractivity contribution in [1.29, 1.82) is 0 Å². The summed E-state index contributed by atoms with van der Waals surface area (Å²) < 4.78 is 0. The van der Waals surface area contributed by atoms with Crippen LogP contribution in [0.25, 0.3) is 0 Å². The van der Waals surface area contributed by atoms with Gasteiger partial charge in [0.1, 0.15) is 0 Å². The van der Waals surface area contributed by atoms with Gasteiger partial charge in [-0.1, -0.05) is 26.0 Å². The van der Waals surface area contributed by atoms with Gasteiger partial charge in [-0.3, -0.25) is 0 Å². The maximum Gasteiger partial charge on any atom is 0.0210 e. The molecule has 0 spiro atoms. The van der Waals surface area contributed by atoms with Crippen molar-refractivity contribution in [3.63, 3.8) is 0 Å². The van der Waals surface area contributed by atoms with Crippen molar-refractivity contribution in [3.8, 4) is 0 Å². The van der Waals surface area contributed by atoms with Crippen molar-refractivity contribution < 1.29 is 0 Å². The summed E-state index contributed by atoms with van der Waals surface area (Å²) in [6.45, 7) is 14.4. The van der Waals surface area contributed by atoms with E-state index in [0.29, 0.717) is 0 Å². The third-order valence-corrected chi connectivity index (χ3v) is 4.22. The molecule has 0 saturated heterocycles. The zero-order valence-corrected chi connectivity index (χ0v) is 14.2. The van der Waals surface area contributed by atoms with E-state index in [4.69, 9.17) is 0 Å². The zero-order valence-electron chi connectivity index (χ0n) is 13.3. The Morgan fingerprint density at radius 2 is 1.89 bits per heavy atom. The first-order chi connectivity index (χ1) is 8.78. The quantitative estimate of drug-likeness (QED) is 0.734. The molecule has 0 atom stereocenters. The van der Waals surface area contributed by atoms with E-state index in [9.17, 15) is 0 Å². The van der Waals surface area contributed by atoms with E-state index in [1.807, 2.05) is 11.8 Å². The van der Waals surface area contributed by atoms with Crippen LogP contribution in [-0.2, 0) is 6.54 Å². The van der Waals surface area contributed by atoms with Gasteiger partial charge >= 0.3 is 0 Å². The molecule has 0 heterocycles. The molecule has 1 aromatic carbocycles. The van der Waals surface area contributed by atoms with Crippen LogP contribution < -0.4 is 5.32 Å². The molecule has 1 N–H and O–H groups in total. The minimum Gasteiger partial charge on any atom is -0.308 e. The van der Waals surface area contributed by atoms with Crippen LogP contribution in [-0.4, -0.2) is 11.3 Å². The van der Waals surface area contributed by atoms with Crippen LogP contribution >= 0.6 is 11.8 Å². The molecule has 0 unspecified atom stereocenters. The number of thioether (sulfide) groups is 1. The maximum atomic E-state index is 3.54. The largest absolute Gasteiger partial charge is 0.308 e. The second-order valence-corrected chi connectivity index (χ2v) is 7.87. The van der Waals surface area contributed by atoms with Gasteiger partial charge in [0, 0.05) is 17.0 Å². The van der Waals surface area contributed by atoms with E-state index in [1.165, 1.54) is 28.2 Å². The number of aryl methyl sites for hydroxylation is 1. The molecule has 0 radical (unpaired) electrons. The van der Waals surface area contributed by atoms with Gasteiger partial charge in [0.15, 0.2) is 0 Å². The Bertz CT molecular complexity index is 391. The number of hydrogen-bond acceptors (Lipinski definition) is 2. The molecular weight excluding hydrogens is 250 g/mol. The van der Waals surface area contributed by atoms with E-state index < -0.39 is 0 Å². The van der Waals surface area contributed by atoms with E-state index in [-0.39, 0.29) is 5.54 Å². The number of rotatable bonds is 6. The van der Waals surface area contributed by atoms with Crippen LogP contribution in [0.2, 0.25) is 0 Å². The standard InChI is InChI=1S/C17H29NS/c1-13(2)9-10-19-16-8-7-15(11-14(16)3)12-18-17(4,5)6/h7-8,11,13,18H,9-10,12H2,1-6H3. The molecule has 1 aromatic rings. The Kier molecular flexibility index (Phi) is 6.41. The van der Waals surface area contributed by atoms with Crippen LogP contribution in [0.5, 0.6) is 0 Å². The van der Waals surface area contributed by atoms with E-state index in [0.717, 1.165) is 12.5 Å². The fourth-order valence-electron chi connectivity index (χ4n) is 1.76. The Balaban J connectivity index is 2.54. The van der Waals surface area contributed by atoms with Crippen molar-refractivity contribution in [2.24, 2.45) is 5.92 Å². The Labute approximate surface area is 123 Å². The van der Waals surface area contributed by atoms with Gasteiger partial charge in [-0.25, -0.2) is 0 Å². The van der Waals surface area contributed by atoms with Gasteiger partial charge in [0.05, 0.1) is 0 Å². The van der Waals surface area contributed by atoms with Crippen molar-refractivity contribution in [3.05, 3.63) is 29.3 Å². The van der Waals surface area contributed by atoms with Gasteiger partial charge in [-0.2, -0.15) is 0 Å². The van der Waals surface area contributed by atoms with E-state index in [2.05, 4.69) is 65.1 Å². The summed E-state index contributed by atoms with van der Waals surface area (Å²) >= 11 is 1.99. The Hall–Kier alpha value is -0.470. The average Bonchev–Trinajstić information content (AvgIpc) is 2.27. The lowest BCUT2D eigenvalue weighted by Gasteiger charge is -2.21. The van der Waals surface area contributed by atoms with Crippen molar-refractivity contribution in [2.45, 2.75) is 64.9 Å². The van der Waals surface area contributed by atoms with Gasteiger partial charge in [0.25, 0.3) is 0 Å². The molecule has 0 fully saturated rings. The second kappa shape index (κ2) is 7.35. The summed E-state index contributed by atoms with van der Waals surface area (Å²) in [5.41, 5.74) is 2.96. The molecule has 1 nitrogen and oxygen atoms in total. The number of nitrogens with one attached hydrogen (secondary N) is 1. The van der Waals surface area contributed by atoms with Gasteiger partial charge in [-0.05, 0) is 63.0 Å². The van der Waals surface area contributed by atoms with Crippen molar-refractivity contribution >= 4 is 11.8 Å². The molecule has 0 aliphatic carbocycles. The summed E-state index contributed by atoms with van der Waals surface area (Å²) in [5, 5.41) is 3.54. The van der Waals surface area contributed by atoms with Crippen molar-refractivity contribution in [1.82, 2.24) is 5.32 Å². The average molecular weight is 279 g/mol. The van der Waals surface area contributed by atoms with Gasteiger partial charge in [0.2, 0.25) is 0 Å². The molecule has 2 heteroatoms. The lowest BCUT2D eigenvalue weighted by molar-refractivity contribution is 0.424. The molecule has 108 valence electrons. The van der Waals surface area contributed by atoms with E-state index in [1.54, 1.807) is 0 Å². The van der Waals surface area contributed by atoms with Crippen LogP contribution in [0, 0.1) is 12.8 Å². The van der Waals surface area contributed by atoms with Crippen LogP contribution in [0.4, 0.5) is 0 Å². The third-order valence-electron chi connectivity index (χ3n) is 3.01. The normalized spacial score (nSPS) is 12.2. The minimum absolute atomic E-state index is 0.179. The fraction of sp³-hybridized carbons (Fsp3) is 0.647. The first-order valence-corrected chi connectivity index (χ1v) is 8.24. The van der Waals surface area contributed by atoms with E-state index >= 15 is 0 Å². The topological polar surface area (TPSA) is 12.0 Å². The second-order valence-electron chi connectivity index (χ2n) is 6.73. The highest BCUT2D eigenvalue weighted by Crippen LogP contribution is 2.25. The predicted molar refractivity (Wildman–Crippen MR) is 88.0 cm³/mol. The molecule has 0 aromatic heterocycles. The highest BCUT2D eigenvalue weighted by atomic mass is 32.2. The lowest BCUT2D eigenvalue weighted by atomic mass is 10.1. The summed E-state index contributed by atoms with van der Waals surface area (Å²) in [6.07, 6.45) is 1.29. The summed E-state index contributed by atoms with van der Waals surface area (Å²) in [7, 11) is 0. The minimum atomic E-state index is 0.179. The summed E-state index contributed by atoms with van der Waals surface area (Å²) in [4.78, 5) is 1.43. The molecule has 0 bridgehead atoms. The summed E-state index contributed by atoms with van der Waals surface area (Å²) in [6, 6.07) is 6.85. The summed E-state index contributed by atoms with van der Waals surface area (Å²) in [5.74, 6) is 2.01. The van der Waals surface area contributed by atoms with Crippen molar-refractivity contribution in [2.75, 3.05) is 5.75 Å². The Morgan fingerprint density at radius 3 is 2.42 bits per heavy atom. The molecule has 0 amide bonds. The smallest absolute Gasteiger partial charge is 0.0210 e. The first kappa shape index (κ1) is 16.6. The number of benzene rings is 1. The van der Waals surface area contributed by atoms with Crippen LogP contribution in [0.1, 0.15) is 52.2 Å². The molecule has 0 aliphatic heterocycles. The highest BCUT2D eigenvalue weighted by Gasteiger charge is 2.09. The van der Waals surface area contributed by atoms with Gasteiger partial charge in [-0.15, -0.1) is 11.8 Å². The lowest BCUT2D eigenvalue weighted by Crippen LogP contribution is -2.35. The first-order valence-electron chi connectivity index (χ1n) is 7.25. The molecule has 1 rings (SSSR count). The van der Waals surface area contributed by atoms with Crippen LogP contribution in [0.15, 0.2) is 23.1 Å². The fourth-order valence-corrected chi connectivity index (χ4v) is 3.02. The highest BCUT2D eigenvalue weighted by molar-refractivity contribution is 7.99. The van der Waals surface area contributed by atoms with Gasteiger partial charge < -0.3 is 5.32 Å². The van der Waals surface area contributed by atoms with Crippen LogP contribution in [0.3, 0.4) is 0 Å². The monoisotopic (exact) mass is 279 g/mol. The SMILES string of the molecule is Cc1cc(CNC(C)(C)C)ccc1SCCC(C)C. The molecule has 19 heavy (non-hydrogen) atoms.